The molecule has 0 aliphatic heterocycles. The van der Waals surface area contributed by atoms with Crippen LogP contribution in [0.2, 0.25) is 0 Å². The van der Waals surface area contributed by atoms with E-state index in [4.69, 9.17) is 5.11 Å². The van der Waals surface area contributed by atoms with E-state index in [2.05, 4.69) is 26.6 Å². The van der Waals surface area contributed by atoms with Gasteiger partial charge in [-0.1, -0.05) is 15.9 Å². The highest BCUT2D eigenvalue weighted by Gasteiger charge is 2.13. The molecule has 1 aromatic carbocycles. The molecule has 0 bridgehead atoms. The zero-order chi connectivity index (χ0) is 14.4. The second-order valence-corrected chi connectivity index (χ2v) is 5.78. The number of hydrogen-bond acceptors (Lipinski definition) is 3. The van der Waals surface area contributed by atoms with E-state index in [9.17, 15) is 9.59 Å². The molecule has 0 radical (unpaired) electrons. The van der Waals surface area contributed by atoms with E-state index >= 15 is 0 Å². The Labute approximate surface area is 124 Å². The standard InChI is InChI=1S/C12H15BrN2O3S/c1-7(6-19-2)14-12(18)15-10-5-8(13)3-4-9(10)11(16)17/h3-5,7H,6H2,1-2H3,(H,16,17)(H2,14,15,18). The number of hydrogen-bond donors (Lipinski definition) is 3. The van der Waals surface area contributed by atoms with E-state index in [0.717, 1.165) is 5.75 Å². The molecule has 2 amide bonds. The van der Waals surface area contributed by atoms with Gasteiger partial charge in [-0.2, -0.15) is 11.8 Å². The van der Waals surface area contributed by atoms with Crippen LogP contribution in [0, 0.1) is 0 Å². The van der Waals surface area contributed by atoms with Crippen LogP contribution in [-0.2, 0) is 0 Å². The summed E-state index contributed by atoms with van der Waals surface area (Å²) in [5.41, 5.74) is 0.312. The van der Waals surface area contributed by atoms with E-state index in [1.807, 2.05) is 13.2 Å². The normalized spacial score (nSPS) is 11.7. The fourth-order valence-electron chi connectivity index (χ4n) is 1.48. The molecule has 0 saturated heterocycles. The van der Waals surface area contributed by atoms with Crippen LogP contribution in [0.5, 0.6) is 0 Å². The lowest BCUT2D eigenvalue weighted by Crippen LogP contribution is -2.37. The minimum absolute atomic E-state index is 0.00966. The summed E-state index contributed by atoms with van der Waals surface area (Å²) in [6.45, 7) is 1.88. The summed E-state index contributed by atoms with van der Waals surface area (Å²) in [5, 5.41) is 14.3. The Morgan fingerprint density at radius 2 is 2.16 bits per heavy atom. The highest BCUT2D eigenvalue weighted by molar-refractivity contribution is 9.10. The van der Waals surface area contributed by atoms with Gasteiger partial charge in [0.1, 0.15) is 0 Å². The quantitative estimate of drug-likeness (QED) is 0.765. The van der Waals surface area contributed by atoms with Crippen LogP contribution < -0.4 is 10.6 Å². The molecule has 0 spiro atoms. The van der Waals surface area contributed by atoms with Gasteiger partial charge >= 0.3 is 12.0 Å². The number of carbonyl (C=O) groups is 2. The number of rotatable bonds is 5. The molecule has 0 aromatic heterocycles. The highest BCUT2D eigenvalue weighted by Crippen LogP contribution is 2.21. The number of carboxylic acids is 1. The molecular weight excluding hydrogens is 332 g/mol. The number of amides is 2. The fraction of sp³-hybridized carbons (Fsp3) is 0.333. The summed E-state index contributed by atoms with van der Waals surface area (Å²) in [5.74, 6) is -0.294. The SMILES string of the molecule is CSCC(C)NC(=O)Nc1cc(Br)ccc1C(=O)O. The van der Waals surface area contributed by atoms with Gasteiger partial charge in [0.05, 0.1) is 11.3 Å². The second kappa shape index (κ2) is 7.40. The molecule has 1 atom stereocenters. The third kappa shape index (κ3) is 5.12. The smallest absolute Gasteiger partial charge is 0.337 e. The molecule has 0 fully saturated rings. The average molecular weight is 347 g/mol. The molecular formula is C12H15BrN2O3S. The minimum atomic E-state index is -1.08. The molecule has 5 nitrogen and oxygen atoms in total. The Morgan fingerprint density at radius 1 is 1.47 bits per heavy atom. The van der Waals surface area contributed by atoms with Crippen molar-refractivity contribution < 1.29 is 14.7 Å². The van der Waals surface area contributed by atoms with Crippen LogP contribution in [0.3, 0.4) is 0 Å². The van der Waals surface area contributed by atoms with Crippen molar-refractivity contribution in [1.82, 2.24) is 5.32 Å². The summed E-state index contributed by atoms with van der Waals surface area (Å²) in [7, 11) is 0. The van der Waals surface area contributed by atoms with Crippen molar-refractivity contribution in [2.45, 2.75) is 13.0 Å². The lowest BCUT2D eigenvalue weighted by atomic mass is 10.2. The van der Waals surface area contributed by atoms with Gasteiger partial charge < -0.3 is 15.7 Å². The Kier molecular flexibility index (Phi) is 6.17. The first-order valence-electron chi connectivity index (χ1n) is 5.53. The maximum absolute atomic E-state index is 11.7. The molecule has 104 valence electrons. The number of urea groups is 1. The number of aromatic carboxylic acids is 1. The van der Waals surface area contributed by atoms with Crippen molar-refractivity contribution in [3.05, 3.63) is 28.2 Å². The van der Waals surface area contributed by atoms with Gasteiger partial charge in [0.15, 0.2) is 0 Å². The first-order valence-corrected chi connectivity index (χ1v) is 7.72. The summed E-state index contributed by atoms with van der Waals surface area (Å²) in [6, 6.07) is 4.20. The fourth-order valence-corrected chi connectivity index (χ4v) is 2.42. The van der Waals surface area contributed by atoms with Crippen LogP contribution in [0.25, 0.3) is 0 Å². The van der Waals surface area contributed by atoms with Crippen molar-refractivity contribution in [1.29, 1.82) is 0 Å². The van der Waals surface area contributed by atoms with Crippen LogP contribution >= 0.6 is 27.7 Å². The molecule has 3 N–H and O–H groups in total. The third-order valence-corrected chi connectivity index (χ3v) is 3.58. The Morgan fingerprint density at radius 3 is 2.74 bits per heavy atom. The maximum atomic E-state index is 11.7. The number of carboxylic acid groups (broad SMARTS) is 1. The molecule has 0 aliphatic carbocycles. The minimum Gasteiger partial charge on any atom is -0.478 e. The Bertz CT molecular complexity index is 482. The predicted octanol–water partition coefficient (Wildman–Crippen LogP) is 3.02. The second-order valence-electron chi connectivity index (χ2n) is 3.95. The highest BCUT2D eigenvalue weighted by atomic mass is 79.9. The lowest BCUT2D eigenvalue weighted by Gasteiger charge is -2.14. The largest absolute Gasteiger partial charge is 0.478 e. The number of benzene rings is 1. The number of halogens is 1. The predicted molar refractivity (Wildman–Crippen MR) is 81.1 cm³/mol. The molecule has 19 heavy (non-hydrogen) atoms. The molecule has 0 saturated carbocycles. The Hall–Kier alpha value is -1.21. The number of thioether (sulfide) groups is 1. The first kappa shape index (κ1) is 15.8. The van der Waals surface area contributed by atoms with Gasteiger partial charge in [-0.15, -0.1) is 0 Å². The summed E-state index contributed by atoms with van der Waals surface area (Å²) in [4.78, 5) is 22.8. The number of anilines is 1. The molecule has 1 aromatic rings. The van der Waals surface area contributed by atoms with Crippen molar-refractivity contribution in [2.75, 3.05) is 17.3 Å². The monoisotopic (exact) mass is 346 g/mol. The zero-order valence-electron chi connectivity index (χ0n) is 10.6. The average Bonchev–Trinajstić information content (AvgIpc) is 2.28. The van der Waals surface area contributed by atoms with Crippen LogP contribution in [-0.4, -0.2) is 35.2 Å². The third-order valence-electron chi connectivity index (χ3n) is 2.25. The van der Waals surface area contributed by atoms with E-state index < -0.39 is 12.0 Å². The topological polar surface area (TPSA) is 78.4 Å². The van der Waals surface area contributed by atoms with Gasteiger partial charge in [-0.05, 0) is 31.4 Å². The number of nitrogens with one attached hydrogen (secondary N) is 2. The summed E-state index contributed by atoms with van der Waals surface area (Å²) in [6.07, 6.45) is 1.95. The van der Waals surface area contributed by atoms with Crippen LogP contribution in [0.1, 0.15) is 17.3 Å². The van der Waals surface area contributed by atoms with E-state index in [1.54, 1.807) is 23.9 Å². The molecule has 0 aliphatic rings. The molecule has 0 heterocycles. The van der Waals surface area contributed by atoms with Gasteiger partial charge in [-0.3, -0.25) is 0 Å². The lowest BCUT2D eigenvalue weighted by molar-refractivity contribution is 0.0698. The molecule has 7 heteroatoms. The maximum Gasteiger partial charge on any atom is 0.337 e. The molecule has 1 rings (SSSR count). The summed E-state index contributed by atoms with van der Waals surface area (Å²) >= 11 is 4.87. The van der Waals surface area contributed by atoms with Crippen LogP contribution in [0.15, 0.2) is 22.7 Å². The zero-order valence-corrected chi connectivity index (χ0v) is 13.0. The Balaban J connectivity index is 2.78. The number of carbonyl (C=O) groups excluding carboxylic acids is 1. The molecule has 1 unspecified atom stereocenters. The van der Waals surface area contributed by atoms with Crippen molar-refractivity contribution in [3.8, 4) is 0 Å². The van der Waals surface area contributed by atoms with Gasteiger partial charge in [0.25, 0.3) is 0 Å². The van der Waals surface area contributed by atoms with Gasteiger partial charge in [0.2, 0.25) is 0 Å². The van der Waals surface area contributed by atoms with Crippen molar-refractivity contribution in [2.24, 2.45) is 0 Å². The van der Waals surface area contributed by atoms with Crippen molar-refractivity contribution >= 4 is 45.4 Å². The van der Waals surface area contributed by atoms with E-state index in [-0.39, 0.29) is 17.3 Å². The van der Waals surface area contributed by atoms with Crippen molar-refractivity contribution in [3.63, 3.8) is 0 Å². The first-order chi connectivity index (χ1) is 8.93. The van der Waals surface area contributed by atoms with Crippen LogP contribution in [0.4, 0.5) is 10.5 Å². The van der Waals surface area contributed by atoms with Gasteiger partial charge in [-0.25, -0.2) is 9.59 Å². The van der Waals surface area contributed by atoms with Gasteiger partial charge in [0, 0.05) is 16.3 Å². The van der Waals surface area contributed by atoms with E-state index in [0.29, 0.717) is 4.47 Å². The summed E-state index contributed by atoms with van der Waals surface area (Å²) < 4.78 is 0.699. The van der Waals surface area contributed by atoms with E-state index in [1.165, 1.54) is 6.07 Å².